The molecule has 98 valence electrons. The Hall–Kier alpha value is -1.05. The molecule has 1 aromatic rings. The van der Waals surface area contributed by atoms with Gasteiger partial charge >= 0.3 is 0 Å². The quantitative estimate of drug-likeness (QED) is 0.790. The van der Waals surface area contributed by atoms with Crippen molar-refractivity contribution in [3.63, 3.8) is 0 Å². The third-order valence-electron chi connectivity index (χ3n) is 2.66. The Morgan fingerprint density at radius 2 is 1.88 bits per heavy atom. The highest BCUT2D eigenvalue weighted by Gasteiger charge is 2.20. The van der Waals surface area contributed by atoms with Crippen molar-refractivity contribution in [1.29, 1.82) is 0 Å². The molecule has 1 aliphatic carbocycles. The van der Waals surface area contributed by atoms with E-state index in [1.54, 1.807) is 12.1 Å². The zero-order valence-corrected chi connectivity index (χ0v) is 11.2. The largest absolute Gasteiger partial charge is 0.385 e. The standard InChI is InChI=1S/C12H16FN.C3H8.H2/c1-2-9-5-11(13)7-12(6-9)14-8-10-3-4-10;1-3-2;/h5-7,10,14H,2-4,8H2,1H3;3H2,1-2H3;1H. The molecule has 1 nitrogen and oxygen atoms in total. The van der Waals surface area contributed by atoms with E-state index in [9.17, 15) is 4.39 Å². The van der Waals surface area contributed by atoms with Crippen molar-refractivity contribution < 1.29 is 5.82 Å². The van der Waals surface area contributed by atoms with Crippen LogP contribution in [0.2, 0.25) is 0 Å². The predicted molar refractivity (Wildman–Crippen MR) is 75.1 cm³/mol. The topological polar surface area (TPSA) is 12.0 Å². The zero-order valence-electron chi connectivity index (χ0n) is 11.2. The first-order chi connectivity index (χ1) is 8.19. The summed E-state index contributed by atoms with van der Waals surface area (Å²) in [6, 6.07) is 5.20. The van der Waals surface area contributed by atoms with Gasteiger partial charge in [0.15, 0.2) is 0 Å². The first-order valence-electron chi connectivity index (χ1n) is 6.72. The number of aryl methyl sites for hydroxylation is 1. The van der Waals surface area contributed by atoms with Crippen LogP contribution in [0.4, 0.5) is 10.1 Å². The molecular formula is C15H26FN. The average Bonchev–Trinajstić information content (AvgIpc) is 3.10. The number of hydrogen-bond donors (Lipinski definition) is 1. The number of nitrogens with one attached hydrogen (secondary N) is 1. The van der Waals surface area contributed by atoms with Gasteiger partial charge in [-0.15, -0.1) is 0 Å². The SMILES string of the molecule is CCC.CCc1cc(F)cc(NCC2CC2)c1.[HH]. The van der Waals surface area contributed by atoms with Crippen molar-refractivity contribution in [1.82, 2.24) is 0 Å². The van der Waals surface area contributed by atoms with Gasteiger partial charge in [0.05, 0.1) is 0 Å². The molecule has 1 N–H and O–H groups in total. The molecule has 0 spiro atoms. The van der Waals surface area contributed by atoms with E-state index in [-0.39, 0.29) is 7.24 Å². The van der Waals surface area contributed by atoms with Gasteiger partial charge in [0.25, 0.3) is 0 Å². The van der Waals surface area contributed by atoms with Crippen LogP contribution in [-0.4, -0.2) is 6.54 Å². The molecule has 17 heavy (non-hydrogen) atoms. The van der Waals surface area contributed by atoms with Gasteiger partial charge in [0.2, 0.25) is 0 Å². The zero-order chi connectivity index (χ0) is 12.7. The lowest BCUT2D eigenvalue weighted by Gasteiger charge is -2.07. The third kappa shape index (κ3) is 5.71. The third-order valence-corrected chi connectivity index (χ3v) is 2.66. The molecule has 0 radical (unpaired) electrons. The summed E-state index contributed by atoms with van der Waals surface area (Å²) in [5, 5.41) is 3.28. The van der Waals surface area contributed by atoms with E-state index >= 15 is 0 Å². The van der Waals surface area contributed by atoms with E-state index in [0.717, 1.165) is 30.1 Å². The summed E-state index contributed by atoms with van der Waals surface area (Å²) in [5.41, 5.74) is 1.98. The van der Waals surface area contributed by atoms with Gasteiger partial charge in [-0.05, 0) is 48.9 Å². The molecular weight excluding hydrogens is 213 g/mol. The number of anilines is 1. The van der Waals surface area contributed by atoms with Crippen LogP contribution < -0.4 is 5.32 Å². The van der Waals surface area contributed by atoms with Gasteiger partial charge in [-0.1, -0.05) is 27.2 Å². The maximum atomic E-state index is 13.1. The minimum atomic E-state index is -0.136. The molecule has 0 bridgehead atoms. The highest BCUT2D eigenvalue weighted by atomic mass is 19.1. The molecule has 0 saturated heterocycles. The summed E-state index contributed by atoms with van der Waals surface area (Å²) in [6.45, 7) is 7.28. The first-order valence-corrected chi connectivity index (χ1v) is 6.72. The predicted octanol–water partition coefficient (Wildman–Crippen LogP) is 4.87. The Balaban J connectivity index is 0.000000660. The van der Waals surface area contributed by atoms with Crippen LogP contribution in [0.3, 0.4) is 0 Å². The highest BCUT2D eigenvalue weighted by molar-refractivity contribution is 5.46. The fourth-order valence-electron chi connectivity index (χ4n) is 1.54. The number of halogens is 1. The second kappa shape index (κ2) is 7.31. The molecule has 2 heteroatoms. The lowest BCUT2D eigenvalue weighted by atomic mass is 10.1. The summed E-state index contributed by atoms with van der Waals surface area (Å²) in [5.74, 6) is 0.686. The van der Waals surface area contributed by atoms with Gasteiger partial charge in [0, 0.05) is 13.7 Å². The molecule has 0 aromatic heterocycles. The summed E-state index contributed by atoms with van der Waals surface area (Å²) in [7, 11) is 0. The lowest BCUT2D eigenvalue weighted by molar-refractivity contribution is 0.626. The molecule has 1 fully saturated rings. The minimum absolute atomic E-state index is 0. The van der Waals surface area contributed by atoms with Crippen LogP contribution in [-0.2, 0) is 6.42 Å². The summed E-state index contributed by atoms with van der Waals surface area (Å²) < 4.78 is 13.1. The molecule has 0 atom stereocenters. The van der Waals surface area contributed by atoms with Crippen molar-refractivity contribution >= 4 is 5.69 Å². The Morgan fingerprint density at radius 3 is 2.41 bits per heavy atom. The van der Waals surface area contributed by atoms with Crippen LogP contribution in [0.5, 0.6) is 0 Å². The maximum absolute atomic E-state index is 13.1. The second-order valence-electron chi connectivity index (χ2n) is 4.73. The van der Waals surface area contributed by atoms with Gasteiger partial charge in [-0.2, -0.15) is 0 Å². The van der Waals surface area contributed by atoms with E-state index < -0.39 is 0 Å². The Kier molecular flexibility index (Phi) is 6.03. The van der Waals surface area contributed by atoms with Crippen molar-refractivity contribution in [2.75, 3.05) is 11.9 Å². The summed E-state index contributed by atoms with van der Waals surface area (Å²) >= 11 is 0. The van der Waals surface area contributed by atoms with Crippen LogP contribution >= 0.6 is 0 Å². The molecule has 0 aliphatic heterocycles. The fraction of sp³-hybridized carbons (Fsp3) is 0.600. The smallest absolute Gasteiger partial charge is 0.125 e. The van der Waals surface area contributed by atoms with E-state index in [2.05, 4.69) is 19.2 Å². The van der Waals surface area contributed by atoms with E-state index in [1.807, 2.05) is 13.0 Å². The molecule has 0 heterocycles. The van der Waals surface area contributed by atoms with Gasteiger partial charge in [-0.3, -0.25) is 0 Å². The van der Waals surface area contributed by atoms with E-state index in [4.69, 9.17) is 0 Å². The maximum Gasteiger partial charge on any atom is 0.125 e. The number of rotatable bonds is 4. The molecule has 2 rings (SSSR count). The van der Waals surface area contributed by atoms with E-state index in [0.29, 0.717) is 0 Å². The Bertz CT molecular complexity index is 337. The van der Waals surface area contributed by atoms with Crippen molar-refractivity contribution in [3.05, 3.63) is 29.6 Å². The van der Waals surface area contributed by atoms with Crippen molar-refractivity contribution in [3.8, 4) is 0 Å². The highest BCUT2D eigenvalue weighted by Crippen LogP contribution is 2.29. The number of hydrogen-bond acceptors (Lipinski definition) is 1. The monoisotopic (exact) mass is 239 g/mol. The average molecular weight is 239 g/mol. The van der Waals surface area contributed by atoms with Crippen LogP contribution in [0.1, 0.15) is 47.0 Å². The van der Waals surface area contributed by atoms with Gasteiger partial charge in [-0.25, -0.2) is 4.39 Å². The second-order valence-corrected chi connectivity index (χ2v) is 4.73. The molecule has 0 amide bonds. The molecule has 1 aromatic carbocycles. The minimum Gasteiger partial charge on any atom is -0.385 e. The molecule has 1 aliphatic rings. The Labute approximate surface area is 106 Å². The fourth-order valence-corrected chi connectivity index (χ4v) is 1.54. The summed E-state index contributed by atoms with van der Waals surface area (Å²) in [4.78, 5) is 0. The van der Waals surface area contributed by atoms with Crippen molar-refractivity contribution in [2.45, 2.75) is 46.5 Å². The Morgan fingerprint density at radius 1 is 1.24 bits per heavy atom. The van der Waals surface area contributed by atoms with Crippen LogP contribution in [0.25, 0.3) is 0 Å². The van der Waals surface area contributed by atoms with Gasteiger partial charge < -0.3 is 5.32 Å². The lowest BCUT2D eigenvalue weighted by Crippen LogP contribution is -2.03. The number of benzene rings is 1. The first kappa shape index (κ1) is 14.0. The van der Waals surface area contributed by atoms with E-state index in [1.165, 1.54) is 19.3 Å². The summed E-state index contributed by atoms with van der Waals surface area (Å²) in [6.07, 6.45) is 4.78. The normalized spacial score (nSPS) is 13.9. The van der Waals surface area contributed by atoms with Crippen LogP contribution in [0.15, 0.2) is 18.2 Å². The van der Waals surface area contributed by atoms with Crippen molar-refractivity contribution in [2.24, 2.45) is 5.92 Å². The van der Waals surface area contributed by atoms with Crippen LogP contribution in [0, 0.1) is 11.7 Å². The van der Waals surface area contributed by atoms with Gasteiger partial charge in [0.1, 0.15) is 5.82 Å². The molecule has 0 unspecified atom stereocenters. The molecule has 1 saturated carbocycles.